The normalized spacial score (nSPS) is 15.3. The molecule has 0 unspecified atom stereocenters. The summed E-state index contributed by atoms with van der Waals surface area (Å²) in [5.74, 6) is 0. The summed E-state index contributed by atoms with van der Waals surface area (Å²) in [6, 6.07) is 46.6. The minimum absolute atomic E-state index is 0.0961. The van der Waals surface area contributed by atoms with E-state index in [0.29, 0.717) is 5.56 Å². The van der Waals surface area contributed by atoms with E-state index in [4.69, 9.17) is 0 Å². The zero-order chi connectivity index (χ0) is 30.0. The summed E-state index contributed by atoms with van der Waals surface area (Å²) < 4.78 is 0. The molecule has 4 aliphatic heterocycles. The first kappa shape index (κ1) is 25.2. The Morgan fingerprint density at radius 3 is 2.07 bits per heavy atom. The zero-order valence-electron chi connectivity index (χ0n) is 24.9. The lowest BCUT2D eigenvalue weighted by molar-refractivity contribution is 0.632. The lowest BCUT2D eigenvalue weighted by Crippen LogP contribution is -2.62. The van der Waals surface area contributed by atoms with Crippen molar-refractivity contribution >= 4 is 69.0 Å². The van der Waals surface area contributed by atoms with E-state index in [-0.39, 0.29) is 12.1 Å². The molecule has 3 nitrogen and oxygen atoms in total. The van der Waals surface area contributed by atoms with Crippen LogP contribution in [0.5, 0.6) is 0 Å². The van der Waals surface area contributed by atoms with E-state index in [1.165, 1.54) is 71.4 Å². The van der Waals surface area contributed by atoms with Crippen LogP contribution >= 0.6 is 11.8 Å². The molecule has 0 atom stereocenters. The van der Waals surface area contributed by atoms with Crippen molar-refractivity contribution in [2.24, 2.45) is 0 Å². The molecular formula is C40H26BN3S. The van der Waals surface area contributed by atoms with Crippen LogP contribution in [0.2, 0.25) is 0 Å². The number of hydrogen-bond acceptors (Lipinski definition) is 4. The van der Waals surface area contributed by atoms with Gasteiger partial charge in [-0.15, -0.1) is 0 Å². The van der Waals surface area contributed by atoms with Crippen LogP contribution in [0.3, 0.4) is 0 Å². The molecule has 0 amide bonds. The Bertz CT molecular complexity index is 2330. The summed E-state index contributed by atoms with van der Waals surface area (Å²) in [6.07, 6.45) is 0. The monoisotopic (exact) mass is 591 g/mol. The van der Waals surface area contributed by atoms with Crippen LogP contribution in [0.25, 0.3) is 11.1 Å². The Balaban J connectivity index is 1.38. The minimum atomic E-state index is -0.150. The predicted molar refractivity (Wildman–Crippen MR) is 187 cm³/mol. The van der Waals surface area contributed by atoms with Crippen molar-refractivity contribution in [2.75, 3.05) is 9.80 Å². The van der Waals surface area contributed by atoms with Crippen LogP contribution in [0.15, 0.2) is 131 Å². The first-order valence-electron chi connectivity index (χ1n) is 15.5. The molecule has 6 aromatic carbocycles. The zero-order valence-corrected chi connectivity index (χ0v) is 25.7. The summed E-state index contributed by atoms with van der Waals surface area (Å²) in [5.41, 5.74) is 16.9. The van der Waals surface area contributed by atoms with Gasteiger partial charge in [-0.05, 0) is 87.2 Å². The molecule has 0 N–H and O–H groups in total. The standard InChI is InChI=1S/C40H26BN3S/c1-40(2)27-12-3-4-16-31(27)43-33-21-26(25-11-7-10-24(20-25)23-42)22-34-37(33)41(29-14-8-13-28(40)38(29)43)30-15-9-19-36-39(30)44(34)32-17-5-6-18-35(32)45-36/h3-22H,1-2H3. The molecule has 4 aliphatic rings. The highest BCUT2D eigenvalue weighted by atomic mass is 32.2. The summed E-state index contributed by atoms with van der Waals surface area (Å²) >= 11 is 1.87. The third kappa shape index (κ3) is 3.17. The van der Waals surface area contributed by atoms with E-state index in [2.05, 4.69) is 133 Å². The number of nitriles is 1. The number of para-hydroxylation sites is 4. The average molecular weight is 592 g/mol. The molecular weight excluding hydrogens is 565 g/mol. The van der Waals surface area contributed by atoms with Gasteiger partial charge in [-0.25, -0.2) is 0 Å². The molecule has 0 aliphatic carbocycles. The van der Waals surface area contributed by atoms with Crippen LogP contribution in [-0.4, -0.2) is 6.71 Å². The second kappa shape index (κ2) is 8.72. The number of nitrogens with zero attached hydrogens (tertiary/aromatic N) is 3. The van der Waals surface area contributed by atoms with E-state index in [1.54, 1.807) is 0 Å². The number of rotatable bonds is 1. The first-order chi connectivity index (χ1) is 22.0. The Hall–Kier alpha value is -5.18. The molecule has 6 aromatic rings. The van der Waals surface area contributed by atoms with Crippen LogP contribution in [-0.2, 0) is 5.41 Å². The van der Waals surface area contributed by atoms with Crippen molar-refractivity contribution in [1.29, 1.82) is 5.26 Å². The van der Waals surface area contributed by atoms with Gasteiger partial charge in [0.25, 0.3) is 6.71 Å². The summed E-state index contributed by atoms with van der Waals surface area (Å²) in [6.45, 7) is 4.83. The number of benzene rings is 6. The molecule has 0 saturated carbocycles. The molecule has 0 bridgehead atoms. The van der Waals surface area contributed by atoms with Crippen molar-refractivity contribution in [3.8, 4) is 17.2 Å². The Labute approximate surface area is 267 Å². The van der Waals surface area contributed by atoms with Gasteiger partial charge in [0.05, 0.1) is 28.7 Å². The van der Waals surface area contributed by atoms with Gasteiger partial charge in [0, 0.05) is 32.3 Å². The maximum absolute atomic E-state index is 9.80. The fourth-order valence-corrected chi connectivity index (χ4v) is 9.37. The van der Waals surface area contributed by atoms with Crippen molar-refractivity contribution in [3.05, 3.63) is 138 Å². The molecule has 0 aromatic heterocycles. The largest absolute Gasteiger partial charge is 0.311 e. The van der Waals surface area contributed by atoms with Crippen molar-refractivity contribution in [2.45, 2.75) is 29.1 Å². The Morgan fingerprint density at radius 2 is 1.24 bits per heavy atom. The van der Waals surface area contributed by atoms with Gasteiger partial charge in [-0.1, -0.05) is 98.4 Å². The van der Waals surface area contributed by atoms with Gasteiger partial charge in [0.1, 0.15) is 0 Å². The summed E-state index contributed by atoms with van der Waals surface area (Å²) in [7, 11) is 0. The van der Waals surface area contributed by atoms with Crippen LogP contribution < -0.4 is 26.2 Å². The summed E-state index contributed by atoms with van der Waals surface area (Å²) in [4.78, 5) is 7.60. The highest BCUT2D eigenvalue weighted by Crippen LogP contribution is 2.57. The van der Waals surface area contributed by atoms with Crippen molar-refractivity contribution in [3.63, 3.8) is 0 Å². The van der Waals surface area contributed by atoms with Crippen molar-refractivity contribution in [1.82, 2.24) is 0 Å². The van der Waals surface area contributed by atoms with E-state index in [1.807, 2.05) is 30.0 Å². The van der Waals surface area contributed by atoms with Gasteiger partial charge in [0.2, 0.25) is 0 Å². The third-order valence-electron chi connectivity index (χ3n) is 10.2. The summed E-state index contributed by atoms with van der Waals surface area (Å²) in [5, 5.41) is 9.80. The first-order valence-corrected chi connectivity index (χ1v) is 16.3. The SMILES string of the molecule is CC1(C)c2ccccc2N2c3cc(-c4cccc(C#N)c4)cc4c3B(c3cccc5c3N4c3ccccc3S5)c3cccc1c32. The van der Waals surface area contributed by atoms with Crippen LogP contribution in [0.4, 0.5) is 34.1 Å². The third-order valence-corrected chi connectivity index (χ3v) is 11.3. The molecule has 10 rings (SSSR count). The van der Waals surface area contributed by atoms with E-state index in [9.17, 15) is 5.26 Å². The Kier molecular flexibility index (Phi) is 4.88. The Morgan fingerprint density at radius 1 is 0.600 bits per heavy atom. The minimum Gasteiger partial charge on any atom is -0.311 e. The molecule has 0 saturated heterocycles. The van der Waals surface area contributed by atoms with E-state index < -0.39 is 0 Å². The lowest BCUT2D eigenvalue weighted by atomic mass is 9.33. The smallest absolute Gasteiger partial charge is 0.252 e. The number of hydrogen-bond donors (Lipinski definition) is 0. The van der Waals surface area contributed by atoms with Crippen LogP contribution in [0.1, 0.15) is 30.5 Å². The quantitative estimate of drug-likeness (QED) is 0.179. The molecule has 0 spiro atoms. The maximum Gasteiger partial charge on any atom is 0.252 e. The number of fused-ring (bicyclic) bond motifs is 8. The van der Waals surface area contributed by atoms with Gasteiger partial charge in [-0.3, -0.25) is 0 Å². The fraction of sp³-hybridized carbons (Fsp3) is 0.0750. The van der Waals surface area contributed by atoms with Gasteiger partial charge in [0.15, 0.2) is 0 Å². The maximum atomic E-state index is 9.80. The van der Waals surface area contributed by atoms with E-state index >= 15 is 0 Å². The second-order valence-corrected chi connectivity index (χ2v) is 14.0. The molecule has 210 valence electrons. The second-order valence-electron chi connectivity index (χ2n) is 12.9. The van der Waals surface area contributed by atoms with Crippen LogP contribution in [0, 0.1) is 11.3 Å². The molecule has 0 radical (unpaired) electrons. The highest BCUT2D eigenvalue weighted by molar-refractivity contribution is 7.99. The highest BCUT2D eigenvalue weighted by Gasteiger charge is 2.49. The van der Waals surface area contributed by atoms with Crippen molar-refractivity contribution < 1.29 is 0 Å². The number of anilines is 6. The lowest BCUT2D eigenvalue weighted by Gasteiger charge is -2.50. The fourth-order valence-electron chi connectivity index (χ4n) is 8.27. The van der Waals surface area contributed by atoms with Gasteiger partial charge in [-0.2, -0.15) is 5.26 Å². The molecule has 4 heterocycles. The predicted octanol–water partition coefficient (Wildman–Crippen LogP) is 8.41. The molecule has 0 fully saturated rings. The average Bonchev–Trinajstić information content (AvgIpc) is 3.08. The molecule has 45 heavy (non-hydrogen) atoms. The van der Waals surface area contributed by atoms with Gasteiger partial charge < -0.3 is 9.80 Å². The molecule has 5 heteroatoms. The van der Waals surface area contributed by atoms with E-state index in [0.717, 1.165) is 11.1 Å². The topological polar surface area (TPSA) is 30.3 Å². The van der Waals surface area contributed by atoms with Gasteiger partial charge >= 0.3 is 0 Å².